The first-order valence-corrected chi connectivity index (χ1v) is 5.50. The van der Waals surface area contributed by atoms with Gasteiger partial charge in [-0.15, -0.1) is 0 Å². The lowest BCUT2D eigenvalue weighted by atomic mass is 10.0. The SMILES string of the molecule is COc1c(C)cc(-c2nc(N)[nH]c2C)cc1C. The zero-order valence-electron chi connectivity index (χ0n) is 10.6. The number of H-pyrrole nitrogens is 1. The van der Waals surface area contributed by atoms with Gasteiger partial charge in [-0.25, -0.2) is 4.98 Å². The number of nitrogens with zero attached hydrogens (tertiary/aromatic N) is 1. The number of aromatic amines is 1. The number of imidazole rings is 1. The molecular formula is C13H17N3O. The average molecular weight is 231 g/mol. The number of ether oxygens (including phenoxy) is 1. The van der Waals surface area contributed by atoms with Crippen molar-refractivity contribution in [3.8, 4) is 17.0 Å². The molecule has 17 heavy (non-hydrogen) atoms. The maximum atomic E-state index is 5.66. The fourth-order valence-electron chi connectivity index (χ4n) is 2.17. The van der Waals surface area contributed by atoms with Gasteiger partial charge in [0.2, 0.25) is 0 Å². The Bertz CT molecular complexity index is 535. The van der Waals surface area contributed by atoms with E-state index in [1.807, 2.05) is 20.8 Å². The van der Waals surface area contributed by atoms with Crippen LogP contribution >= 0.6 is 0 Å². The van der Waals surface area contributed by atoms with Gasteiger partial charge in [0, 0.05) is 11.3 Å². The van der Waals surface area contributed by atoms with Gasteiger partial charge in [-0.05, 0) is 44.0 Å². The zero-order chi connectivity index (χ0) is 12.6. The van der Waals surface area contributed by atoms with Gasteiger partial charge < -0.3 is 15.5 Å². The van der Waals surface area contributed by atoms with Crippen molar-refractivity contribution in [1.29, 1.82) is 0 Å². The molecule has 0 spiro atoms. The van der Waals surface area contributed by atoms with E-state index < -0.39 is 0 Å². The summed E-state index contributed by atoms with van der Waals surface area (Å²) in [6.45, 7) is 6.02. The van der Waals surface area contributed by atoms with Crippen molar-refractivity contribution in [2.24, 2.45) is 0 Å². The number of nitrogens with one attached hydrogen (secondary N) is 1. The molecule has 90 valence electrons. The third-order valence-corrected chi connectivity index (χ3v) is 2.84. The van der Waals surface area contributed by atoms with E-state index in [0.717, 1.165) is 33.8 Å². The van der Waals surface area contributed by atoms with Crippen LogP contribution < -0.4 is 10.5 Å². The minimum Gasteiger partial charge on any atom is -0.496 e. The summed E-state index contributed by atoms with van der Waals surface area (Å²) in [6.07, 6.45) is 0. The molecular weight excluding hydrogens is 214 g/mol. The number of hydrogen-bond acceptors (Lipinski definition) is 3. The third-order valence-electron chi connectivity index (χ3n) is 2.84. The molecule has 4 nitrogen and oxygen atoms in total. The Balaban J connectivity index is 2.58. The molecule has 0 aliphatic rings. The van der Waals surface area contributed by atoms with E-state index in [-0.39, 0.29) is 0 Å². The van der Waals surface area contributed by atoms with Crippen LogP contribution in [0.3, 0.4) is 0 Å². The molecule has 1 heterocycles. The van der Waals surface area contributed by atoms with Crippen LogP contribution in [0.15, 0.2) is 12.1 Å². The summed E-state index contributed by atoms with van der Waals surface area (Å²) in [5.74, 6) is 1.37. The quantitative estimate of drug-likeness (QED) is 0.835. The second-order valence-corrected chi connectivity index (χ2v) is 4.24. The molecule has 1 aromatic carbocycles. The average Bonchev–Trinajstić information content (AvgIpc) is 2.57. The Morgan fingerprint density at radius 3 is 2.18 bits per heavy atom. The molecule has 3 N–H and O–H groups in total. The van der Waals surface area contributed by atoms with Crippen molar-refractivity contribution in [3.63, 3.8) is 0 Å². The summed E-state index contributed by atoms with van der Waals surface area (Å²) < 4.78 is 5.35. The fourth-order valence-corrected chi connectivity index (χ4v) is 2.17. The van der Waals surface area contributed by atoms with Crippen molar-refractivity contribution < 1.29 is 4.74 Å². The van der Waals surface area contributed by atoms with Crippen LogP contribution in [0.4, 0.5) is 5.95 Å². The second-order valence-electron chi connectivity index (χ2n) is 4.24. The smallest absolute Gasteiger partial charge is 0.198 e. The van der Waals surface area contributed by atoms with Gasteiger partial charge in [-0.2, -0.15) is 0 Å². The van der Waals surface area contributed by atoms with E-state index in [2.05, 4.69) is 22.1 Å². The molecule has 0 radical (unpaired) electrons. The summed E-state index contributed by atoms with van der Waals surface area (Å²) in [5.41, 5.74) is 10.8. The molecule has 0 saturated heterocycles. The molecule has 1 aromatic heterocycles. The number of aromatic nitrogens is 2. The predicted octanol–water partition coefficient (Wildman–Crippen LogP) is 2.59. The zero-order valence-corrected chi connectivity index (χ0v) is 10.6. The normalized spacial score (nSPS) is 10.6. The highest BCUT2D eigenvalue weighted by Crippen LogP contribution is 2.30. The molecule has 0 unspecified atom stereocenters. The van der Waals surface area contributed by atoms with Crippen molar-refractivity contribution in [2.45, 2.75) is 20.8 Å². The summed E-state index contributed by atoms with van der Waals surface area (Å²) >= 11 is 0. The highest BCUT2D eigenvalue weighted by molar-refractivity contribution is 5.67. The molecule has 4 heteroatoms. The second kappa shape index (κ2) is 4.13. The van der Waals surface area contributed by atoms with Gasteiger partial charge in [0.05, 0.1) is 12.8 Å². The lowest BCUT2D eigenvalue weighted by Gasteiger charge is -2.10. The van der Waals surface area contributed by atoms with Crippen molar-refractivity contribution in [3.05, 3.63) is 29.0 Å². The molecule has 2 aromatic rings. The maximum Gasteiger partial charge on any atom is 0.198 e. The predicted molar refractivity (Wildman–Crippen MR) is 69.2 cm³/mol. The number of nitrogen functional groups attached to an aromatic ring is 1. The van der Waals surface area contributed by atoms with E-state index in [1.54, 1.807) is 7.11 Å². The van der Waals surface area contributed by atoms with Crippen molar-refractivity contribution >= 4 is 5.95 Å². The van der Waals surface area contributed by atoms with E-state index >= 15 is 0 Å². The molecule has 0 fully saturated rings. The number of methoxy groups -OCH3 is 1. The fraction of sp³-hybridized carbons (Fsp3) is 0.308. The topological polar surface area (TPSA) is 63.9 Å². The van der Waals surface area contributed by atoms with Crippen LogP contribution in [-0.4, -0.2) is 17.1 Å². The Morgan fingerprint density at radius 1 is 1.18 bits per heavy atom. The van der Waals surface area contributed by atoms with Crippen LogP contribution in [0.5, 0.6) is 5.75 Å². The number of hydrogen-bond donors (Lipinski definition) is 2. The van der Waals surface area contributed by atoms with E-state index in [9.17, 15) is 0 Å². The van der Waals surface area contributed by atoms with Crippen LogP contribution in [-0.2, 0) is 0 Å². The van der Waals surface area contributed by atoms with Crippen LogP contribution in [0.1, 0.15) is 16.8 Å². The molecule has 2 rings (SSSR count). The lowest BCUT2D eigenvalue weighted by Crippen LogP contribution is -1.93. The summed E-state index contributed by atoms with van der Waals surface area (Å²) in [4.78, 5) is 7.31. The van der Waals surface area contributed by atoms with E-state index in [1.165, 1.54) is 0 Å². The van der Waals surface area contributed by atoms with Gasteiger partial charge in [0.15, 0.2) is 5.95 Å². The monoisotopic (exact) mass is 231 g/mol. The Hall–Kier alpha value is -1.97. The Kier molecular flexibility index (Phi) is 2.79. The van der Waals surface area contributed by atoms with Gasteiger partial charge in [0.1, 0.15) is 5.75 Å². The maximum absolute atomic E-state index is 5.66. The molecule has 0 amide bonds. The minimum atomic E-state index is 0.448. The van der Waals surface area contributed by atoms with Gasteiger partial charge in [-0.3, -0.25) is 0 Å². The van der Waals surface area contributed by atoms with Gasteiger partial charge in [0.25, 0.3) is 0 Å². The molecule has 0 aliphatic heterocycles. The standard InChI is InChI=1S/C13H17N3O/c1-7-5-10(6-8(2)12(7)17-4)11-9(3)15-13(14)16-11/h5-6H,1-4H3,(H3,14,15,16). The van der Waals surface area contributed by atoms with Crippen molar-refractivity contribution in [2.75, 3.05) is 12.8 Å². The third kappa shape index (κ3) is 1.98. The first kappa shape index (κ1) is 11.5. The van der Waals surface area contributed by atoms with Gasteiger partial charge in [-0.1, -0.05) is 0 Å². The van der Waals surface area contributed by atoms with E-state index in [4.69, 9.17) is 10.5 Å². The number of benzene rings is 1. The van der Waals surface area contributed by atoms with Crippen LogP contribution in [0.2, 0.25) is 0 Å². The Morgan fingerprint density at radius 2 is 1.76 bits per heavy atom. The summed E-state index contributed by atoms with van der Waals surface area (Å²) in [5, 5.41) is 0. The summed E-state index contributed by atoms with van der Waals surface area (Å²) in [6, 6.07) is 4.13. The van der Waals surface area contributed by atoms with Crippen LogP contribution in [0.25, 0.3) is 11.3 Å². The molecule has 0 bridgehead atoms. The summed E-state index contributed by atoms with van der Waals surface area (Å²) in [7, 11) is 1.69. The number of anilines is 1. The largest absolute Gasteiger partial charge is 0.496 e. The van der Waals surface area contributed by atoms with E-state index in [0.29, 0.717) is 5.95 Å². The van der Waals surface area contributed by atoms with Crippen molar-refractivity contribution in [1.82, 2.24) is 9.97 Å². The molecule has 0 saturated carbocycles. The molecule has 0 aliphatic carbocycles. The molecule has 0 atom stereocenters. The highest BCUT2D eigenvalue weighted by atomic mass is 16.5. The highest BCUT2D eigenvalue weighted by Gasteiger charge is 2.11. The van der Waals surface area contributed by atoms with Crippen LogP contribution in [0, 0.1) is 20.8 Å². The first-order chi connectivity index (χ1) is 8.02. The number of aryl methyl sites for hydroxylation is 3. The lowest BCUT2D eigenvalue weighted by molar-refractivity contribution is 0.408. The minimum absolute atomic E-state index is 0.448. The van der Waals surface area contributed by atoms with Gasteiger partial charge >= 0.3 is 0 Å². The number of rotatable bonds is 2. The first-order valence-electron chi connectivity index (χ1n) is 5.50. The number of nitrogens with two attached hydrogens (primary N) is 1. The Labute approximate surface area is 101 Å².